The first kappa shape index (κ1) is 21.2. The maximum atomic E-state index is 10.7. The topological polar surface area (TPSA) is 93.8 Å². The number of primary amides is 1. The van der Waals surface area contributed by atoms with Crippen molar-refractivity contribution in [2.45, 2.75) is 45.6 Å². The molecule has 0 saturated carbocycles. The third-order valence-electron chi connectivity index (χ3n) is 3.76. The van der Waals surface area contributed by atoms with E-state index in [1.165, 1.54) is 12.3 Å². The van der Waals surface area contributed by atoms with Crippen LogP contribution in [0.1, 0.15) is 32.3 Å². The van der Waals surface area contributed by atoms with Gasteiger partial charge in [-0.2, -0.15) is 0 Å². The zero-order valence-electron chi connectivity index (χ0n) is 15.1. The van der Waals surface area contributed by atoms with Crippen molar-refractivity contribution in [2.24, 2.45) is 11.7 Å². The Kier molecular flexibility index (Phi) is 10.6. The summed E-state index contributed by atoms with van der Waals surface area (Å²) in [4.78, 5) is 10.7. The molecule has 4 N–H and O–H groups in total. The predicted octanol–water partition coefficient (Wildman–Crippen LogP) is 1.93. The average Bonchev–Trinajstić information content (AvgIpc) is 2.99. The van der Waals surface area contributed by atoms with E-state index >= 15 is 0 Å². The van der Waals surface area contributed by atoms with Crippen molar-refractivity contribution < 1.29 is 19.4 Å². The monoisotopic (exact) mass is 350 g/mol. The zero-order valence-corrected chi connectivity index (χ0v) is 15.1. The van der Waals surface area contributed by atoms with Gasteiger partial charge in [-0.15, -0.1) is 0 Å². The second-order valence-corrected chi connectivity index (χ2v) is 5.59. The van der Waals surface area contributed by atoms with Gasteiger partial charge in [0.1, 0.15) is 6.23 Å². The van der Waals surface area contributed by atoms with Gasteiger partial charge in [-0.3, -0.25) is 4.79 Å². The van der Waals surface area contributed by atoms with E-state index in [2.05, 4.69) is 5.32 Å². The lowest BCUT2D eigenvalue weighted by molar-refractivity contribution is -0.113. The summed E-state index contributed by atoms with van der Waals surface area (Å²) in [6.45, 7) is 5.14. The van der Waals surface area contributed by atoms with Crippen molar-refractivity contribution in [3.63, 3.8) is 0 Å². The number of nitrogens with one attached hydrogen (secondary N) is 1. The average molecular weight is 350 g/mol. The molecule has 1 amide bonds. The van der Waals surface area contributed by atoms with Gasteiger partial charge in [0, 0.05) is 24.8 Å². The quantitative estimate of drug-likeness (QED) is 0.592. The Morgan fingerprint density at radius 2 is 2.12 bits per heavy atom. The third-order valence-corrected chi connectivity index (χ3v) is 3.76. The number of benzene rings is 1. The molecule has 25 heavy (non-hydrogen) atoms. The number of hydrogen-bond donors (Lipinski definition) is 3. The molecule has 1 aliphatic heterocycles. The van der Waals surface area contributed by atoms with Crippen LogP contribution >= 0.6 is 0 Å². The van der Waals surface area contributed by atoms with Gasteiger partial charge in [0.25, 0.3) is 0 Å². The second-order valence-electron chi connectivity index (χ2n) is 5.59. The van der Waals surface area contributed by atoms with Crippen LogP contribution < -0.4 is 11.1 Å². The summed E-state index contributed by atoms with van der Waals surface area (Å²) in [5.74, 6) is -0.347. The van der Waals surface area contributed by atoms with E-state index in [4.69, 9.17) is 20.3 Å². The van der Waals surface area contributed by atoms with E-state index in [9.17, 15) is 4.79 Å². The smallest absolute Gasteiger partial charge is 0.242 e. The number of nitrogens with two attached hydrogens (primary N) is 1. The van der Waals surface area contributed by atoms with Crippen LogP contribution in [-0.4, -0.2) is 36.6 Å². The molecule has 1 fully saturated rings. The van der Waals surface area contributed by atoms with Crippen molar-refractivity contribution >= 4 is 5.91 Å². The van der Waals surface area contributed by atoms with E-state index in [1.807, 2.05) is 44.2 Å². The summed E-state index contributed by atoms with van der Waals surface area (Å²) in [6.07, 6.45) is 3.90. The molecule has 1 aromatic rings. The number of rotatable bonds is 9. The van der Waals surface area contributed by atoms with E-state index in [0.29, 0.717) is 19.6 Å². The third kappa shape index (κ3) is 8.16. The highest BCUT2D eigenvalue weighted by atomic mass is 16.5. The normalized spacial score (nSPS) is 22.4. The summed E-state index contributed by atoms with van der Waals surface area (Å²) in [5.41, 5.74) is 6.17. The van der Waals surface area contributed by atoms with E-state index in [1.54, 1.807) is 0 Å². The first-order chi connectivity index (χ1) is 12.2. The van der Waals surface area contributed by atoms with Gasteiger partial charge in [0.05, 0.1) is 19.3 Å². The lowest BCUT2D eigenvalue weighted by Crippen LogP contribution is -2.31. The van der Waals surface area contributed by atoms with Crippen LogP contribution in [0.4, 0.5) is 0 Å². The van der Waals surface area contributed by atoms with Crippen molar-refractivity contribution in [1.82, 2.24) is 5.32 Å². The fraction of sp³-hybridized carbons (Fsp3) is 0.526. The van der Waals surface area contributed by atoms with Crippen molar-refractivity contribution in [3.8, 4) is 0 Å². The number of amides is 1. The molecule has 2 rings (SSSR count). The Bertz CT molecular complexity index is 507. The van der Waals surface area contributed by atoms with E-state index in [0.717, 1.165) is 12.0 Å². The van der Waals surface area contributed by atoms with E-state index in [-0.39, 0.29) is 24.9 Å². The minimum Gasteiger partial charge on any atom is -0.396 e. The highest BCUT2D eigenvalue weighted by Gasteiger charge is 2.34. The van der Waals surface area contributed by atoms with E-state index < -0.39 is 5.91 Å². The summed E-state index contributed by atoms with van der Waals surface area (Å²) < 4.78 is 11.6. The molecule has 6 nitrogen and oxygen atoms in total. The molecule has 1 heterocycles. The lowest BCUT2D eigenvalue weighted by atomic mass is 10.00. The molecular weight excluding hydrogens is 320 g/mol. The number of aliphatic hydroxyl groups is 1. The number of hydrogen-bond acceptors (Lipinski definition) is 5. The molecule has 1 aromatic carbocycles. The van der Waals surface area contributed by atoms with Crippen LogP contribution in [0, 0.1) is 5.92 Å². The Balaban J connectivity index is 0.00000151. The number of carbonyl (C=O) groups excluding carboxylic acids is 1. The largest absolute Gasteiger partial charge is 0.396 e. The number of ether oxygens (including phenoxy) is 2. The molecule has 1 aliphatic rings. The molecule has 3 unspecified atom stereocenters. The predicted molar refractivity (Wildman–Crippen MR) is 97.4 cm³/mol. The van der Waals surface area contributed by atoms with Gasteiger partial charge in [-0.25, -0.2) is 0 Å². The molecule has 0 bridgehead atoms. The molecule has 1 saturated heterocycles. The maximum absolute atomic E-state index is 10.7. The van der Waals surface area contributed by atoms with Gasteiger partial charge < -0.3 is 25.6 Å². The molecule has 140 valence electrons. The van der Waals surface area contributed by atoms with Crippen LogP contribution in [0.2, 0.25) is 0 Å². The first-order valence-corrected chi connectivity index (χ1v) is 8.79. The molecule has 0 aromatic heterocycles. The SMILES string of the molecule is CC.NC(=O)/C=C\NC1OC(COCc2ccccc2)CC1CCO. The van der Waals surface area contributed by atoms with Crippen LogP contribution in [0.15, 0.2) is 42.6 Å². The minimum absolute atomic E-state index is 0.0326. The molecule has 6 heteroatoms. The summed E-state index contributed by atoms with van der Waals surface area (Å²) in [6, 6.07) is 9.96. The highest BCUT2D eigenvalue weighted by Crippen LogP contribution is 2.28. The highest BCUT2D eigenvalue weighted by molar-refractivity contribution is 5.85. The van der Waals surface area contributed by atoms with Gasteiger partial charge in [0.2, 0.25) is 5.91 Å². The summed E-state index contributed by atoms with van der Waals surface area (Å²) in [5, 5.41) is 12.2. The molecule has 0 aliphatic carbocycles. The Labute approximate surface area is 150 Å². The zero-order chi connectivity index (χ0) is 18.5. The lowest BCUT2D eigenvalue weighted by Gasteiger charge is -2.18. The summed E-state index contributed by atoms with van der Waals surface area (Å²) in [7, 11) is 0. The Morgan fingerprint density at radius 3 is 2.76 bits per heavy atom. The van der Waals surface area contributed by atoms with Crippen LogP contribution in [0.25, 0.3) is 0 Å². The molecular formula is C19H30N2O4. The molecule has 0 spiro atoms. The Morgan fingerprint density at radius 1 is 1.40 bits per heavy atom. The number of carbonyl (C=O) groups is 1. The minimum atomic E-state index is -0.517. The van der Waals surface area contributed by atoms with Crippen molar-refractivity contribution in [1.29, 1.82) is 0 Å². The van der Waals surface area contributed by atoms with Gasteiger partial charge >= 0.3 is 0 Å². The second kappa shape index (κ2) is 12.5. The summed E-state index contributed by atoms with van der Waals surface area (Å²) >= 11 is 0. The molecule has 3 atom stereocenters. The van der Waals surface area contributed by atoms with Gasteiger partial charge in [-0.1, -0.05) is 44.2 Å². The maximum Gasteiger partial charge on any atom is 0.242 e. The van der Waals surface area contributed by atoms with Crippen molar-refractivity contribution in [3.05, 3.63) is 48.2 Å². The van der Waals surface area contributed by atoms with Crippen LogP contribution in [0.5, 0.6) is 0 Å². The van der Waals surface area contributed by atoms with Gasteiger partial charge in [-0.05, 0) is 18.4 Å². The standard InChI is InChI=1S/C17H24N2O4.C2H6/c18-16(21)6-8-19-17-14(7-9-20)10-15(23-17)12-22-11-13-4-2-1-3-5-13;1-2/h1-6,8,14-15,17,19-20H,7,9-12H2,(H2,18,21);1-2H3/b8-6-;. The van der Waals surface area contributed by atoms with Crippen molar-refractivity contribution in [2.75, 3.05) is 13.2 Å². The fourth-order valence-corrected chi connectivity index (χ4v) is 2.66. The van der Waals surface area contributed by atoms with Gasteiger partial charge in [0.15, 0.2) is 0 Å². The Hall–Kier alpha value is -1.89. The fourth-order valence-electron chi connectivity index (χ4n) is 2.66. The first-order valence-electron chi connectivity index (χ1n) is 8.79. The van der Waals surface area contributed by atoms with Crippen LogP contribution in [0.3, 0.4) is 0 Å². The molecule has 0 radical (unpaired) electrons. The van der Waals surface area contributed by atoms with Crippen LogP contribution in [-0.2, 0) is 20.9 Å². The number of aliphatic hydroxyl groups excluding tert-OH is 1.